The Hall–Kier alpha value is -3.58. The number of methoxy groups -OCH3 is 1. The maximum Gasteiger partial charge on any atom is 0.255 e. The van der Waals surface area contributed by atoms with Crippen LogP contribution in [-0.2, 0) is 17.8 Å². The van der Waals surface area contributed by atoms with Crippen molar-refractivity contribution in [3.63, 3.8) is 0 Å². The van der Waals surface area contributed by atoms with Crippen molar-refractivity contribution < 1.29 is 9.53 Å². The van der Waals surface area contributed by atoms with Crippen LogP contribution in [-0.4, -0.2) is 27.4 Å². The Labute approximate surface area is 202 Å². The second kappa shape index (κ2) is 9.73. The Kier molecular flexibility index (Phi) is 6.75. The molecule has 34 heavy (non-hydrogen) atoms. The highest BCUT2D eigenvalue weighted by atomic mass is 35.5. The molecule has 0 radical (unpaired) electrons. The van der Waals surface area contributed by atoms with Gasteiger partial charge in [-0.05, 0) is 63.1 Å². The fourth-order valence-corrected chi connectivity index (χ4v) is 4.57. The Morgan fingerprint density at radius 3 is 2.53 bits per heavy atom. The van der Waals surface area contributed by atoms with E-state index in [2.05, 4.69) is 5.32 Å². The highest BCUT2D eigenvalue weighted by molar-refractivity contribution is 6.32. The second-order valence-corrected chi connectivity index (χ2v) is 8.49. The Morgan fingerprint density at radius 1 is 1.15 bits per heavy atom. The summed E-state index contributed by atoms with van der Waals surface area (Å²) in [5.41, 5.74) is 4.50. The predicted octanol–water partition coefficient (Wildman–Crippen LogP) is 5.06. The minimum absolute atomic E-state index is 0.0927. The third-order valence-corrected chi connectivity index (χ3v) is 6.27. The van der Waals surface area contributed by atoms with Crippen molar-refractivity contribution in [2.45, 2.75) is 40.2 Å². The van der Waals surface area contributed by atoms with Gasteiger partial charge in [-0.25, -0.2) is 4.68 Å². The number of nitrogens with zero attached hydrogens (tertiary/aromatic N) is 3. The van der Waals surface area contributed by atoms with E-state index in [9.17, 15) is 9.59 Å². The first-order chi connectivity index (χ1) is 16.3. The van der Waals surface area contributed by atoms with Crippen LogP contribution in [0.2, 0.25) is 5.02 Å². The standard InChI is InChI=1S/C26H27ClN4O3/c1-5-30-25-24(17(3)29-31(25)19-9-7-6-8-10-19)16(2)20(26(30)33)12-14-23(32)28-18-11-13-22(34-4)21(27)15-18/h6-11,13,15H,5,12,14H2,1-4H3,(H,28,32). The highest BCUT2D eigenvalue weighted by Crippen LogP contribution is 2.28. The Morgan fingerprint density at radius 2 is 1.88 bits per heavy atom. The normalized spacial score (nSPS) is 11.1. The smallest absolute Gasteiger partial charge is 0.255 e. The average Bonchev–Trinajstić information content (AvgIpc) is 3.17. The molecule has 8 heteroatoms. The molecule has 0 aliphatic rings. The van der Waals surface area contributed by atoms with E-state index in [-0.39, 0.29) is 17.9 Å². The summed E-state index contributed by atoms with van der Waals surface area (Å²) in [4.78, 5) is 26.1. The monoisotopic (exact) mass is 478 g/mol. The van der Waals surface area contributed by atoms with E-state index in [4.69, 9.17) is 21.4 Å². The molecule has 2 heterocycles. The number of hydrogen-bond donors (Lipinski definition) is 1. The lowest BCUT2D eigenvalue weighted by Crippen LogP contribution is -2.27. The summed E-state index contributed by atoms with van der Waals surface area (Å²) in [5.74, 6) is 0.343. The molecule has 0 aliphatic carbocycles. The number of carbonyl (C=O) groups is 1. The van der Waals surface area contributed by atoms with Gasteiger partial charge in [-0.15, -0.1) is 0 Å². The number of para-hydroxylation sites is 1. The number of halogens is 1. The van der Waals surface area contributed by atoms with Gasteiger partial charge in [-0.3, -0.25) is 14.2 Å². The lowest BCUT2D eigenvalue weighted by molar-refractivity contribution is -0.116. The third kappa shape index (κ3) is 4.31. The van der Waals surface area contributed by atoms with Gasteiger partial charge in [-0.1, -0.05) is 29.8 Å². The Bertz CT molecular complexity index is 1420. The average molecular weight is 479 g/mol. The molecule has 0 saturated heterocycles. The van der Waals surface area contributed by atoms with Crippen LogP contribution in [0.1, 0.15) is 30.2 Å². The number of aromatic nitrogens is 3. The first-order valence-corrected chi connectivity index (χ1v) is 11.5. The van der Waals surface area contributed by atoms with Gasteiger partial charge in [-0.2, -0.15) is 5.10 Å². The molecule has 4 aromatic rings. The summed E-state index contributed by atoms with van der Waals surface area (Å²) in [5, 5.41) is 8.94. The van der Waals surface area contributed by atoms with Crippen molar-refractivity contribution in [2.75, 3.05) is 12.4 Å². The summed E-state index contributed by atoms with van der Waals surface area (Å²) < 4.78 is 8.71. The molecule has 0 unspecified atom stereocenters. The Balaban J connectivity index is 1.66. The van der Waals surface area contributed by atoms with E-state index in [1.807, 2.05) is 55.8 Å². The van der Waals surface area contributed by atoms with Crippen LogP contribution in [0.4, 0.5) is 5.69 Å². The van der Waals surface area contributed by atoms with E-state index < -0.39 is 0 Å². The number of benzene rings is 2. The van der Waals surface area contributed by atoms with Crippen molar-refractivity contribution in [1.82, 2.24) is 14.3 Å². The molecule has 0 atom stereocenters. The molecule has 1 N–H and O–H groups in total. The van der Waals surface area contributed by atoms with Gasteiger partial charge in [0.15, 0.2) is 0 Å². The summed E-state index contributed by atoms with van der Waals surface area (Å²) in [6.45, 7) is 6.32. The van der Waals surface area contributed by atoms with Crippen molar-refractivity contribution in [2.24, 2.45) is 0 Å². The zero-order valence-corrected chi connectivity index (χ0v) is 20.4. The lowest BCUT2D eigenvalue weighted by atomic mass is 10.0. The largest absolute Gasteiger partial charge is 0.495 e. The molecule has 1 amide bonds. The van der Waals surface area contributed by atoms with Gasteiger partial charge in [0.05, 0.1) is 23.5 Å². The number of nitrogens with one attached hydrogen (secondary N) is 1. The zero-order chi connectivity index (χ0) is 24.4. The van der Waals surface area contributed by atoms with Crippen LogP contribution in [0.15, 0.2) is 53.3 Å². The predicted molar refractivity (Wildman–Crippen MR) is 135 cm³/mol. The molecule has 0 bridgehead atoms. The van der Waals surface area contributed by atoms with Crippen LogP contribution < -0.4 is 15.6 Å². The number of pyridine rings is 1. The summed E-state index contributed by atoms with van der Waals surface area (Å²) >= 11 is 6.15. The van der Waals surface area contributed by atoms with Crippen molar-refractivity contribution in [3.8, 4) is 11.4 Å². The van der Waals surface area contributed by atoms with Gasteiger partial charge >= 0.3 is 0 Å². The molecular formula is C26H27ClN4O3. The van der Waals surface area contributed by atoms with Crippen LogP contribution in [0.3, 0.4) is 0 Å². The number of rotatable bonds is 7. The van der Waals surface area contributed by atoms with Gasteiger partial charge in [0.2, 0.25) is 5.91 Å². The number of carbonyl (C=O) groups excluding carboxylic acids is 1. The van der Waals surface area contributed by atoms with Gasteiger partial charge in [0, 0.05) is 29.6 Å². The van der Waals surface area contributed by atoms with Crippen LogP contribution >= 0.6 is 11.6 Å². The number of aryl methyl sites for hydroxylation is 3. The quantitative estimate of drug-likeness (QED) is 0.403. The van der Waals surface area contributed by atoms with Gasteiger partial charge in [0.25, 0.3) is 5.56 Å². The number of ether oxygens (including phenoxy) is 1. The van der Waals surface area contributed by atoms with E-state index >= 15 is 0 Å². The van der Waals surface area contributed by atoms with Crippen LogP contribution in [0, 0.1) is 13.8 Å². The number of hydrogen-bond acceptors (Lipinski definition) is 4. The highest BCUT2D eigenvalue weighted by Gasteiger charge is 2.21. The maximum absolute atomic E-state index is 13.5. The summed E-state index contributed by atoms with van der Waals surface area (Å²) in [6.07, 6.45) is 0.493. The van der Waals surface area contributed by atoms with Gasteiger partial charge in [0.1, 0.15) is 11.4 Å². The molecule has 0 fully saturated rings. The topological polar surface area (TPSA) is 78.2 Å². The third-order valence-electron chi connectivity index (χ3n) is 5.98. The lowest BCUT2D eigenvalue weighted by Gasteiger charge is -2.14. The van der Waals surface area contributed by atoms with Crippen molar-refractivity contribution in [1.29, 1.82) is 0 Å². The second-order valence-electron chi connectivity index (χ2n) is 8.08. The van der Waals surface area contributed by atoms with Crippen molar-refractivity contribution in [3.05, 3.63) is 80.7 Å². The molecular weight excluding hydrogens is 452 g/mol. The first kappa shape index (κ1) is 23.6. The summed E-state index contributed by atoms with van der Waals surface area (Å²) in [7, 11) is 1.53. The molecule has 7 nitrogen and oxygen atoms in total. The van der Waals surface area contributed by atoms with E-state index in [1.165, 1.54) is 7.11 Å². The molecule has 4 rings (SSSR count). The number of anilines is 1. The number of amides is 1. The van der Waals surface area contributed by atoms with E-state index in [0.717, 1.165) is 28.0 Å². The van der Waals surface area contributed by atoms with Crippen molar-refractivity contribution >= 4 is 34.2 Å². The first-order valence-electron chi connectivity index (χ1n) is 11.2. The molecule has 176 valence electrons. The minimum Gasteiger partial charge on any atom is -0.495 e. The van der Waals surface area contributed by atoms with E-state index in [1.54, 1.807) is 22.8 Å². The molecule has 2 aromatic heterocycles. The fraction of sp³-hybridized carbons (Fsp3) is 0.269. The van der Waals surface area contributed by atoms with Crippen LogP contribution in [0.5, 0.6) is 5.75 Å². The molecule has 0 aliphatic heterocycles. The molecule has 0 spiro atoms. The zero-order valence-electron chi connectivity index (χ0n) is 19.7. The maximum atomic E-state index is 13.5. The fourth-order valence-electron chi connectivity index (χ4n) is 4.32. The van der Waals surface area contributed by atoms with E-state index in [0.29, 0.717) is 35.0 Å². The minimum atomic E-state index is -0.195. The van der Waals surface area contributed by atoms with Crippen LogP contribution in [0.25, 0.3) is 16.7 Å². The van der Waals surface area contributed by atoms with Gasteiger partial charge < -0.3 is 10.1 Å². The number of fused-ring (bicyclic) bond motifs is 1. The molecule has 0 saturated carbocycles. The summed E-state index contributed by atoms with van der Waals surface area (Å²) in [6, 6.07) is 14.8. The molecule has 2 aromatic carbocycles. The SMILES string of the molecule is CCn1c(=O)c(CCC(=O)Nc2ccc(OC)c(Cl)c2)c(C)c2c(C)nn(-c3ccccc3)c21.